The van der Waals surface area contributed by atoms with E-state index in [9.17, 15) is 4.79 Å². The maximum absolute atomic E-state index is 10.8. The summed E-state index contributed by atoms with van der Waals surface area (Å²) in [6.45, 7) is 3.91. The number of nitrogens with zero attached hydrogens (tertiary/aromatic N) is 1. The second-order valence-corrected chi connectivity index (χ2v) is 6.40. The highest BCUT2D eigenvalue weighted by atomic mass is 32.1. The van der Waals surface area contributed by atoms with E-state index in [1.54, 1.807) is 11.3 Å². The fourth-order valence-electron chi connectivity index (χ4n) is 2.43. The molecule has 1 aromatic heterocycles. The molecule has 1 heterocycles. The average Bonchev–Trinajstić information content (AvgIpc) is 2.87. The van der Waals surface area contributed by atoms with Crippen LogP contribution < -0.4 is 0 Å². The monoisotopic (exact) mass is 253 g/mol. The van der Waals surface area contributed by atoms with Gasteiger partial charge in [0.05, 0.1) is 17.1 Å². The van der Waals surface area contributed by atoms with Crippen molar-refractivity contribution in [2.24, 2.45) is 0 Å². The Kier molecular flexibility index (Phi) is 3.52. The SMILES string of the molecule is CC(C)(CC(=O)O)c1csc(C2CCCC2)n1. The largest absolute Gasteiger partial charge is 0.481 e. The molecule has 3 nitrogen and oxygen atoms in total. The first-order valence-corrected chi connectivity index (χ1v) is 7.05. The van der Waals surface area contributed by atoms with Crippen LogP contribution in [0.25, 0.3) is 0 Å². The van der Waals surface area contributed by atoms with E-state index in [2.05, 4.69) is 4.98 Å². The van der Waals surface area contributed by atoms with Gasteiger partial charge in [-0.05, 0) is 12.8 Å². The Balaban J connectivity index is 2.14. The summed E-state index contributed by atoms with van der Waals surface area (Å²) < 4.78 is 0. The molecular formula is C13H19NO2S. The average molecular weight is 253 g/mol. The number of carboxylic acids is 1. The van der Waals surface area contributed by atoms with Crippen LogP contribution in [0.4, 0.5) is 0 Å². The van der Waals surface area contributed by atoms with Crippen molar-refractivity contribution in [3.8, 4) is 0 Å². The van der Waals surface area contributed by atoms with Crippen LogP contribution in [0.1, 0.15) is 62.6 Å². The fourth-order valence-corrected chi connectivity index (χ4v) is 3.61. The molecule has 0 bridgehead atoms. The molecule has 0 amide bonds. The van der Waals surface area contributed by atoms with Gasteiger partial charge in [-0.25, -0.2) is 4.98 Å². The second-order valence-electron chi connectivity index (χ2n) is 5.51. The number of aliphatic carboxylic acids is 1. The number of hydrogen-bond donors (Lipinski definition) is 1. The van der Waals surface area contributed by atoms with Crippen molar-refractivity contribution < 1.29 is 9.90 Å². The first kappa shape index (κ1) is 12.6. The lowest BCUT2D eigenvalue weighted by Crippen LogP contribution is -2.22. The molecule has 94 valence electrons. The van der Waals surface area contributed by atoms with Gasteiger partial charge in [0.25, 0.3) is 0 Å². The summed E-state index contributed by atoms with van der Waals surface area (Å²) in [6, 6.07) is 0. The van der Waals surface area contributed by atoms with Gasteiger partial charge in [-0.1, -0.05) is 26.7 Å². The Bertz CT molecular complexity index is 405. The third-order valence-corrected chi connectivity index (χ3v) is 4.52. The van der Waals surface area contributed by atoms with Crippen molar-refractivity contribution in [2.45, 2.75) is 57.3 Å². The quantitative estimate of drug-likeness (QED) is 0.892. The summed E-state index contributed by atoms with van der Waals surface area (Å²) in [6.07, 6.45) is 5.23. The second kappa shape index (κ2) is 4.77. The predicted molar refractivity (Wildman–Crippen MR) is 68.6 cm³/mol. The van der Waals surface area contributed by atoms with Gasteiger partial charge < -0.3 is 5.11 Å². The van der Waals surface area contributed by atoms with Crippen LogP contribution in [0.5, 0.6) is 0 Å². The van der Waals surface area contributed by atoms with E-state index in [0.29, 0.717) is 5.92 Å². The van der Waals surface area contributed by atoms with Crippen LogP contribution in [-0.2, 0) is 10.2 Å². The normalized spacial score (nSPS) is 17.5. The Hall–Kier alpha value is -0.900. The van der Waals surface area contributed by atoms with E-state index in [-0.39, 0.29) is 11.8 Å². The predicted octanol–water partition coefficient (Wildman–Crippen LogP) is 3.55. The zero-order chi connectivity index (χ0) is 12.5. The molecule has 4 heteroatoms. The molecule has 2 rings (SSSR count). The van der Waals surface area contributed by atoms with Crippen LogP contribution >= 0.6 is 11.3 Å². The Labute approximate surface area is 106 Å². The van der Waals surface area contributed by atoms with Crippen molar-refractivity contribution in [2.75, 3.05) is 0 Å². The number of hydrogen-bond acceptors (Lipinski definition) is 3. The molecule has 0 aliphatic heterocycles. The zero-order valence-corrected chi connectivity index (χ0v) is 11.2. The van der Waals surface area contributed by atoms with Crippen molar-refractivity contribution in [3.63, 3.8) is 0 Å². The minimum absolute atomic E-state index is 0.140. The lowest BCUT2D eigenvalue weighted by molar-refractivity contribution is -0.138. The Morgan fingerprint density at radius 2 is 2.18 bits per heavy atom. The molecule has 0 radical (unpaired) electrons. The molecule has 17 heavy (non-hydrogen) atoms. The van der Waals surface area contributed by atoms with Gasteiger partial charge in [0.2, 0.25) is 0 Å². The molecule has 0 saturated heterocycles. The summed E-state index contributed by atoms with van der Waals surface area (Å²) in [5, 5.41) is 12.1. The van der Waals surface area contributed by atoms with Crippen LogP contribution in [0.15, 0.2) is 5.38 Å². The Morgan fingerprint density at radius 1 is 1.53 bits per heavy atom. The smallest absolute Gasteiger partial charge is 0.304 e. The van der Waals surface area contributed by atoms with Gasteiger partial charge in [-0.15, -0.1) is 11.3 Å². The molecule has 1 fully saturated rings. The fraction of sp³-hybridized carbons (Fsp3) is 0.692. The summed E-state index contributed by atoms with van der Waals surface area (Å²) in [4.78, 5) is 15.5. The first-order chi connectivity index (χ1) is 7.99. The molecule has 0 atom stereocenters. The molecule has 1 aromatic rings. The summed E-state index contributed by atoms with van der Waals surface area (Å²) in [7, 11) is 0. The number of rotatable bonds is 4. The van der Waals surface area contributed by atoms with Crippen molar-refractivity contribution in [1.82, 2.24) is 4.98 Å². The highest BCUT2D eigenvalue weighted by molar-refractivity contribution is 7.09. The summed E-state index contributed by atoms with van der Waals surface area (Å²) in [5.74, 6) is -0.139. The highest BCUT2D eigenvalue weighted by Crippen LogP contribution is 2.37. The molecular weight excluding hydrogens is 234 g/mol. The first-order valence-electron chi connectivity index (χ1n) is 6.17. The molecule has 1 aliphatic carbocycles. The molecule has 0 unspecified atom stereocenters. The van der Waals surface area contributed by atoms with Gasteiger partial charge >= 0.3 is 5.97 Å². The number of aromatic nitrogens is 1. The number of carboxylic acid groups (broad SMARTS) is 1. The zero-order valence-electron chi connectivity index (χ0n) is 10.4. The van der Waals surface area contributed by atoms with Crippen molar-refractivity contribution in [3.05, 3.63) is 16.1 Å². The van der Waals surface area contributed by atoms with Crippen molar-refractivity contribution >= 4 is 17.3 Å². The molecule has 1 aliphatic rings. The maximum atomic E-state index is 10.8. The maximum Gasteiger partial charge on any atom is 0.304 e. The van der Waals surface area contributed by atoms with Crippen molar-refractivity contribution in [1.29, 1.82) is 0 Å². The van der Waals surface area contributed by atoms with E-state index in [4.69, 9.17) is 5.11 Å². The molecule has 0 spiro atoms. The standard InChI is InChI=1S/C13H19NO2S/c1-13(2,7-11(15)16)10-8-17-12(14-10)9-5-3-4-6-9/h8-9H,3-7H2,1-2H3,(H,15,16). The molecule has 1 saturated carbocycles. The minimum atomic E-state index is -0.759. The lowest BCUT2D eigenvalue weighted by atomic mass is 9.86. The van der Waals surface area contributed by atoms with Gasteiger partial charge in [-0.3, -0.25) is 4.79 Å². The van der Waals surface area contributed by atoms with E-state index in [1.165, 1.54) is 30.7 Å². The van der Waals surface area contributed by atoms with Gasteiger partial charge in [0, 0.05) is 16.7 Å². The molecule has 1 N–H and O–H groups in total. The lowest BCUT2D eigenvalue weighted by Gasteiger charge is -2.19. The van der Waals surface area contributed by atoms with Crippen LogP contribution in [-0.4, -0.2) is 16.1 Å². The summed E-state index contributed by atoms with van der Waals surface area (Å²) >= 11 is 1.70. The van der Waals surface area contributed by atoms with Crippen LogP contribution in [0, 0.1) is 0 Å². The Morgan fingerprint density at radius 3 is 2.76 bits per heavy atom. The number of carbonyl (C=O) groups is 1. The van der Waals surface area contributed by atoms with E-state index < -0.39 is 5.97 Å². The minimum Gasteiger partial charge on any atom is -0.481 e. The third-order valence-electron chi connectivity index (χ3n) is 3.51. The molecule has 0 aromatic carbocycles. The summed E-state index contributed by atoms with van der Waals surface area (Å²) in [5.41, 5.74) is 0.575. The van der Waals surface area contributed by atoms with E-state index in [0.717, 1.165) is 5.69 Å². The van der Waals surface area contributed by atoms with Gasteiger partial charge in [-0.2, -0.15) is 0 Å². The van der Waals surface area contributed by atoms with Gasteiger partial charge in [0.15, 0.2) is 0 Å². The van der Waals surface area contributed by atoms with E-state index in [1.807, 2.05) is 19.2 Å². The number of thiazole rings is 1. The highest BCUT2D eigenvalue weighted by Gasteiger charge is 2.28. The topological polar surface area (TPSA) is 50.2 Å². The van der Waals surface area contributed by atoms with E-state index >= 15 is 0 Å². The third kappa shape index (κ3) is 2.86. The van der Waals surface area contributed by atoms with Gasteiger partial charge in [0.1, 0.15) is 0 Å². The van der Waals surface area contributed by atoms with Crippen LogP contribution in [0.2, 0.25) is 0 Å². The van der Waals surface area contributed by atoms with Crippen LogP contribution in [0.3, 0.4) is 0 Å².